The Bertz CT molecular complexity index is 421. The molecule has 20 heavy (non-hydrogen) atoms. The maximum Gasteiger partial charge on any atom is 0.0989 e. The highest BCUT2D eigenvalue weighted by Crippen LogP contribution is 2.18. The van der Waals surface area contributed by atoms with Crippen LogP contribution in [0.2, 0.25) is 0 Å². The molecule has 2 heteroatoms. The largest absolute Gasteiger partial charge is 0.356 e. The quantitative estimate of drug-likeness (QED) is 0.405. The van der Waals surface area contributed by atoms with E-state index in [-0.39, 0.29) is 5.83 Å². The van der Waals surface area contributed by atoms with Crippen molar-refractivity contribution in [2.75, 3.05) is 0 Å². The van der Waals surface area contributed by atoms with Gasteiger partial charge in [0.15, 0.2) is 0 Å². The predicted molar refractivity (Wildman–Crippen MR) is 87.9 cm³/mol. The number of unbranched alkanes of at least 4 members (excludes halogenated alkanes) is 2. The molecule has 0 aromatic carbocycles. The Morgan fingerprint density at radius 3 is 2.25 bits per heavy atom. The zero-order valence-corrected chi connectivity index (χ0v) is 13.4. The van der Waals surface area contributed by atoms with Crippen LogP contribution in [-0.2, 0) is 0 Å². The molecule has 0 spiro atoms. The number of hydrogen-bond donors (Lipinski definition) is 1. The minimum absolute atomic E-state index is 0.225. The second-order valence-corrected chi connectivity index (χ2v) is 4.94. The lowest BCUT2D eigenvalue weighted by atomic mass is 10.0. The molecule has 0 heterocycles. The molecule has 0 bridgehead atoms. The van der Waals surface area contributed by atoms with Gasteiger partial charge in [-0.25, -0.2) is 4.39 Å². The maximum absolute atomic E-state index is 13.1. The first-order valence-corrected chi connectivity index (χ1v) is 7.28. The molecular formula is C18H28FN. The van der Waals surface area contributed by atoms with Gasteiger partial charge in [0.2, 0.25) is 0 Å². The molecule has 0 saturated carbocycles. The van der Waals surface area contributed by atoms with E-state index < -0.39 is 0 Å². The second kappa shape index (κ2) is 10.2. The number of nitrogens with one attached hydrogen (secondary N) is 1. The van der Waals surface area contributed by atoms with Crippen molar-refractivity contribution >= 4 is 0 Å². The van der Waals surface area contributed by atoms with Crippen LogP contribution in [0.5, 0.6) is 0 Å². The Balaban J connectivity index is 4.99. The average molecular weight is 277 g/mol. The topological polar surface area (TPSA) is 12.0 Å². The zero-order valence-electron chi connectivity index (χ0n) is 13.4. The first-order valence-electron chi connectivity index (χ1n) is 7.28. The smallest absolute Gasteiger partial charge is 0.0989 e. The third-order valence-corrected chi connectivity index (χ3v) is 2.76. The van der Waals surface area contributed by atoms with Crippen LogP contribution in [0.3, 0.4) is 0 Å². The standard InChI is InChI=1S/C18H28FN/c1-7-9-10-12-18(14(3)4)16(6)20-17(11-8-2)13-15(5)19/h11-13,20H,3,6-10H2,1-2,4-5H3/b15-13+,17-11+,18-12+. The minimum Gasteiger partial charge on any atom is -0.356 e. The van der Waals surface area contributed by atoms with Crippen LogP contribution in [0.1, 0.15) is 53.4 Å². The molecule has 0 aromatic heterocycles. The average Bonchev–Trinajstić information content (AvgIpc) is 2.33. The van der Waals surface area contributed by atoms with Crippen LogP contribution in [0.15, 0.2) is 59.8 Å². The van der Waals surface area contributed by atoms with Gasteiger partial charge in [0.1, 0.15) is 0 Å². The van der Waals surface area contributed by atoms with Crippen LogP contribution < -0.4 is 5.32 Å². The number of hydrogen-bond acceptors (Lipinski definition) is 1. The lowest BCUT2D eigenvalue weighted by Crippen LogP contribution is -2.13. The number of halogens is 1. The summed E-state index contributed by atoms with van der Waals surface area (Å²) >= 11 is 0. The van der Waals surface area contributed by atoms with E-state index in [1.165, 1.54) is 13.0 Å². The first-order chi connectivity index (χ1) is 9.42. The van der Waals surface area contributed by atoms with Gasteiger partial charge in [0.05, 0.1) is 5.83 Å². The highest BCUT2D eigenvalue weighted by Gasteiger charge is 2.05. The Morgan fingerprint density at radius 2 is 1.80 bits per heavy atom. The minimum atomic E-state index is -0.225. The summed E-state index contributed by atoms with van der Waals surface area (Å²) in [5.41, 5.74) is 3.49. The van der Waals surface area contributed by atoms with Gasteiger partial charge in [0, 0.05) is 11.4 Å². The summed E-state index contributed by atoms with van der Waals surface area (Å²) < 4.78 is 13.1. The van der Waals surface area contributed by atoms with E-state index in [0.717, 1.165) is 48.2 Å². The zero-order chi connectivity index (χ0) is 15.5. The van der Waals surface area contributed by atoms with Crippen LogP contribution in [-0.4, -0.2) is 0 Å². The molecule has 0 aliphatic carbocycles. The normalized spacial score (nSPS) is 13.3. The Morgan fingerprint density at radius 1 is 1.15 bits per heavy atom. The molecule has 0 radical (unpaired) electrons. The molecule has 1 nitrogen and oxygen atoms in total. The molecule has 0 amide bonds. The highest BCUT2D eigenvalue weighted by atomic mass is 19.1. The van der Waals surface area contributed by atoms with Crippen molar-refractivity contribution in [3.05, 3.63) is 59.8 Å². The van der Waals surface area contributed by atoms with Gasteiger partial charge in [-0.15, -0.1) is 0 Å². The molecule has 0 aromatic rings. The van der Waals surface area contributed by atoms with Crippen molar-refractivity contribution in [1.82, 2.24) is 5.32 Å². The van der Waals surface area contributed by atoms with Crippen molar-refractivity contribution in [3.8, 4) is 0 Å². The molecule has 112 valence electrons. The summed E-state index contributed by atoms with van der Waals surface area (Å²) in [6, 6.07) is 0. The monoisotopic (exact) mass is 277 g/mol. The SMILES string of the molecule is C=C(C)/C(=C\CCCC)C(=C)NC(/C=C(\C)F)=C/CC. The van der Waals surface area contributed by atoms with Gasteiger partial charge in [0.25, 0.3) is 0 Å². The third-order valence-electron chi connectivity index (χ3n) is 2.76. The van der Waals surface area contributed by atoms with Gasteiger partial charge in [-0.05, 0) is 43.9 Å². The summed E-state index contributed by atoms with van der Waals surface area (Å²) in [4.78, 5) is 0. The van der Waals surface area contributed by atoms with Crippen LogP contribution in [0.4, 0.5) is 4.39 Å². The van der Waals surface area contributed by atoms with E-state index in [2.05, 4.69) is 31.5 Å². The third kappa shape index (κ3) is 7.78. The summed E-state index contributed by atoms with van der Waals surface area (Å²) in [6.07, 6.45) is 9.71. The van der Waals surface area contributed by atoms with Gasteiger partial charge >= 0.3 is 0 Å². The van der Waals surface area contributed by atoms with E-state index in [1.54, 1.807) is 0 Å². The summed E-state index contributed by atoms with van der Waals surface area (Å²) in [7, 11) is 0. The molecule has 1 N–H and O–H groups in total. The molecule has 0 aliphatic rings. The fourth-order valence-electron chi connectivity index (χ4n) is 1.83. The fraction of sp³-hybridized carbons (Fsp3) is 0.444. The maximum atomic E-state index is 13.1. The number of rotatable bonds is 9. The molecule has 0 aliphatic heterocycles. The Hall–Kier alpha value is -1.57. The van der Waals surface area contributed by atoms with E-state index in [0.29, 0.717) is 0 Å². The molecule has 0 atom stereocenters. The van der Waals surface area contributed by atoms with Gasteiger partial charge in [-0.3, -0.25) is 0 Å². The second-order valence-electron chi connectivity index (χ2n) is 4.94. The van der Waals surface area contributed by atoms with E-state index in [4.69, 9.17) is 0 Å². The van der Waals surface area contributed by atoms with Gasteiger partial charge in [-0.2, -0.15) is 0 Å². The summed E-state index contributed by atoms with van der Waals surface area (Å²) in [5, 5.41) is 3.18. The van der Waals surface area contributed by atoms with Gasteiger partial charge < -0.3 is 5.32 Å². The molecule has 0 unspecified atom stereocenters. The van der Waals surface area contributed by atoms with E-state index >= 15 is 0 Å². The van der Waals surface area contributed by atoms with Crippen LogP contribution in [0.25, 0.3) is 0 Å². The van der Waals surface area contributed by atoms with Crippen molar-refractivity contribution < 1.29 is 4.39 Å². The molecule has 0 saturated heterocycles. The fourth-order valence-corrected chi connectivity index (χ4v) is 1.83. The molecule has 0 rings (SSSR count). The highest BCUT2D eigenvalue weighted by molar-refractivity contribution is 5.44. The van der Waals surface area contributed by atoms with Crippen LogP contribution >= 0.6 is 0 Å². The predicted octanol–water partition coefficient (Wildman–Crippen LogP) is 5.95. The van der Waals surface area contributed by atoms with E-state index in [9.17, 15) is 4.39 Å². The van der Waals surface area contributed by atoms with Crippen LogP contribution in [0, 0.1) is 0 Å². The van der Waals surface area contributed by atoms with Crippen molar-refractivity contribution in [2.24, 2.45) is 0 Å². The summed E-state index contributed by atoms with van der Waals surface area (Å²) in [5.74, 6) is -0.225. The summed E-state index contributed by atoms with van der Waals surface area (Å²) in [6.45, 7) is 15.6. The van der Waals surface area contributed by atoms with E-state index in [1.807, 2.05) is 19.9 Å². The van der Waals surface area contributed by atoms with Gasteiger partial charge in [-0.1, -0.05) is 52.0 Å². The molecular weight excluding hydrogens is 249 g/mol. The lowest BCUT2D eigenvalue weighted by Gasteiger charge is -2.15. The molecule has 0 fully saturated rings. The van der Waals surface area contributed by atoms with Crippen molar-refractivity contribution in [2.45, 2.75) is 53.4 Å². The number of allylic oxidation sites excluding steroid dienone is 5. The Labute approximate surface area is 123 Å². The lowest BCUT2D eigenvalue weighted by molar-refractivity contribution is 0.638. The van der Waals surface area contributed by atoms with Crippen molar-refractivity contribution in [3.63, 3.8) is 0 Å². The first kappa shape index (κ1) is 18.4. The van der Waals surface area contributed by atoms with Crippen molar-refractivity contribution in [1.29, 1.82) is 0 Å². The Kier molecular flexibility index (Phi) is 9.44.